The van der Waals surface area contributed by atoms with E-state index in [4.69, 9.17) is 19.5 Å². The third-order valence-electron chi connectivity index (χ3n) is 3.83. The van der Waals surface area contributed by atoms with Crippen molar-refractivity contribution >= 4 is 40.0 Å². The van der Waals surface area contributed by atoms with Crippen molar-refractivity contribution < 1.29 is 28.5 Å². The van der Waals surface area contributed by atoms with Gasteiger partial charge in [-0.25, -0.2) is 9.59 Å². The number of nitriles is 1. The smallest absolute Gasteiger partial charge is 0.348 e. The molecule has 0 N–H and O–H groups in total. The number of carbonyl (C=O) groups is 2. The van der Waals surface area contributed by atoms with Crippen LogP contribution in [0.2, 0.25) is 0 Å². The van der Waals surface area contributed by atoms with Gasteiger partial charge in [0.1, 0.15) is 17.4 Å². The summed E-state index contributed by atoms with van der Waals surface area (Å²) in [6, 6.07) is 11.8. The Kier molecular flexibility index (Phi) is 8.20. The molecule has 0 fully saturated rings. The fourth-order valence-electron chi connectivity index (χ4n) is 2.41. The van der Waals surface area contributed by atoms with Gasteiger partial charge in [0.15, 0.2) is 11.5 Å². The minimum atomic E-state index is -0.750. The molecule has 0 aliphatic rings. The van der Waals surface area contributed by atoms with Crippen LogP contribution in [0.25, 0.3) is 12.2 Å². The Bertz CT molecular complexity index is 1050. The van der Waals surface area contributed by atoms with E-state index in [9.17, 15) is 9.59 Å². The molecule has 8 heteroatoms. The molecule has 0 aliphatic carbocycles. The molecule has 154 valence electrons. The zero-order valence-electron chi connectivity index (χ0n) is 16.5. The number of methoxy groups -OCH3 is 3. The molecule has 2 aromatic rings. The molecule has 0 saturated carbocycles. The van der Waals surface area contributed by atoms with E-state index in [1.165, 1.54) is 45.6 Å². The number of hydrogen-bond donors (Lipinski definition) is 0. The molecule has 0 saturated heterocycles. The van der Waals surface area contributed by atoms with E-state index in [-0.39, 0.29) is 17.1 Å². The minimum absolute atomic E-state index is 0.171. The molecule has 2 rings (SSSR count). The number of ether oxygens (including phenoxy) is 4. The van der Waals surface area contributed by atoms with Gasteiger partial charge in [-0.2, -0.15) is 5.26 Å². The first kappa shape index (κ1) is 22.7. The maximum atomic E-state index is 12.2. The summed E-state index contributed by atoms with van der Waals surface area (Å²) in [6.45, 7) is 0. The van der Waals surface area contributed by atoms with Gasteiger partial charge in [-0.1, -0.05) is 22.0 Å². The lowest BCUT2D eigenvalue weighted by Gasteiger charge is -2.09. The lowest BCUT2D eigenvalue weighted by molar-refractivity contribution is -0.135. The number of esters is 2. The number of hydrogen-bond acceptors (Lipinski definition) is 7. The van der Waals surface area contributed by atoms with Gasteiger partial charge < -0.3 is 18.9 Å². The summed E-state index contributed by atoms with van der Waals surface area (Å²) in [5, 5.41) is 9.06. The van der Waals surface area contributed by atoms with Crippen molar-refractivity contribution in [3.05, 3.63) is 63.6 Å². The third-order valence-corrected chi connectivity index (χ3v) is 4.32. The first-order valence-electron chi connectivity index (χ1n) is 8.53. The lowest BCUT2D eigenvalue weighted by atomic mass is 10.1. The standard InChI is InChI=1S/C22H18BrNO6/c1-27-18-8-6-17(23)12-15(18)5-9-21(25)30-19-7-4-14(11-20(19)28-2)10-16(13-24)22(26)29-3/h4-12H,1-3H3/b9-5+,16-10+. The molecule has 0 heterocycles. The molecule has 0 aliphatic heterocycles. The number of benzene rings is 2. The topological polar surface area (TPSA) is 94.9 Å². The highest BCUT2D eigenvalue weighted by molar-refractivity contribution is 9.10. The van der Waals surface area contributed by atoms with Crippen LogP contribution in [0.5, 0.6) is 17.2 Å². The molecule has 0 spiro atoms. The quantitative estimate of drug-likeness (QED) is 0.258. The third kappa shape index (κ3) is 5.96. The summed E-state index contributed by atoms with van der Waals surface area (Å²) in [7, 11) is 4.14. The van der Waals surface area contributed by atoms with Crippen molar-refractivity contribution in [2.45, 2.75) is 0 Å². The molecule has 0 aromatic heterocycles. The van der Waals surface area contributed by atoms with Gasteiger partial charge in [0.05, 0.1) is 21.3 Å². The van der Waals surface area contributed by atoms with E-state index in [1.54, 1.807) is 30.3 Å². The summed E-state index contributed by atoms with van der Waals surface area (Å²) in [5.74, 6) is -0.323. The highest BCUT2D eigenvalue weighted by atomic mass is 79.9. The van der Waals surface area contributed by atoms with Crippen LogP contribution in [-0.2, 0) is 14.3 Å². The van der Waals surface area contributed by atoms with Crippen LogP contribution >= 0.6 is 15.9 Å². The van der Waals surface area contributed by atoms with Crippen LogP contribution in [0.1, 0.15) is 11.1 Å². The van der Waals surface area contributed by atoms with Crippen LogP contribution in [0.3, 0.4) is 0 Å². The van der Waals surface area contributed by atoms with E-state index < -0.39 is 11.9 Å². The van der Waals surface area contributed by atoms with Gasteiger partial charge in [-0.3, -0.25) is 0 Å². The molecule has 0 amide bonds. The molecule has 0 atom stereocenters. The number of halogens is 1. The minimum Gasteiger partial charge on any atom is -0.496 e. The van der Waals surface area contributed by atoms with Crippen molar-refractivity contribution in [3.8, 4) is 23.3 Å². The second-order valence-electron chi connectivity index (χ2n) is 5.71. The maximum absolute atomic E-state index is 12.2. The van der Waals surface area contributed by atoms with Crippen LogP contribution in [-0.4, -0.2) is 33.3 Å². The summed E-state index contributed by atoms with van der Waals surface area (Å²) in [5.41, 5.74) is 1.03. The molecule has 2 aromatic carbocycles. The van der Waals surface area contributed by atoms with Crippen molar-refractivity contribution in [2.24, 2.45) is 0 Å². The van der Waals surface area contributed by atoms with Crippen LogP contribution < -0.4 is 14.2 Å². The SMILES string of the molecule is COC(=O)/C(C#N)=C/c1ccc(OC(=O)/C=C/c2cc(Br)ccc2OC)c(OC)c1. The van der Waals surface area contributed by atoms with Gasteiger partial charge in [0, 0.05) is 16.1 Å². The van der Waals surface area contributed by atoms with Crippen molar-refractivity contribution in [2.75, 3.05) is 21.3 Å². The number of nitrogens with zero attached hydrogens (tertiary/aromatic N) is 1. The van der Waals surface area contributed by atoms with E-state index >= 15 is 0 Å². The predicted octanol–water partition coefficient (Wildman–Crippen LogP) is 4.17. The normalized spacial score (nSPS) is 11.0. The zero-order valence-corrected chi connectivity index (χ0v) is 18.1. The fraction of sp³-hybridized carbons (Fsp3) is 0.136. The second kappa shape index (κ2) is 10.8. The molecular formula is C22H18BrNO6. The largest absolute Gasteiger partial charge is 0.496 e. The van der Waals surface area contributed by atoms with Gasteiger partial charge in [0.2, 0.25) is 0 Å². The summed E-state index contributed by atoms with van der Waals surface area (Å²) in [6.07, 6.45) is 4.19. The van der Waals surface area contributed by atoms with Gasteiger partial charge in [-0.15, -0.1) is 0 Å². The van der Waals surface area contributed by atoms with Gasteiger partial charge in [-0.05, 0) is 48.0 Å². The first-order chi connectivity index (χ1) is 14.4. The number of carbonyl (C=O) groups excluding carboxylic acids is 2. The zero-order chi connectivity index (χ0) is 22.1. The molecule has 30 heavy (non-hydrogen) atoms. The fourth-order valence-corrected chi connectivity index (χ4v) is 2.79. The van der Waals surface area contributed by atoms with Crippen molar-refractivity contribution in [3.63, 3.8) is 0 Å². The first-order valence-corrected chi connectivity index (χ1v) is 9.32. The molecule has 0 bridgehead atoms. The van der Waals surface area contributed by atoms with E-state index in [0.717, 1.165) is 4.47 Å². The van der Waals surface area contributed by atoms with Gasteiger partial charge >= 0.3 is 11.9 Å². The Labute approximate surface area is 182 Å². The Morgan fingerprint density at radius 1 is 1.00 bits per heavy atom. The van der Waals surface area contributed by atoms with Crippen LogP contribution in [0.15, 0.2) is 52.5 Å². The van der Waals surface area contributed by atoms with Crippen LogP contribution in [0, 0.1) is 11.3 Å². The Balaban J connectivity index is 2.21. The maximum Gasteiger partial charge on any atom is 0.348 e. The summed E-state index contributed by atoms with van der Waals surface area (Å²) >= 11 is 3.37. The predicted molar refractivity (Wildman–Crippen MR) is 114 cm³/mol. The molecule has 0 unspecified atom stereocenters. The molecule has 7 nitrogen and oxygen atoms in total. The highest BCUT2D eigenvalue weighted by Crippen LogP contribution is 2.29. The van der Waals surface area contributed by atoms with E-state index in [1.807, 2.05) is 6.07 Å². The van der Waals surface area contributed by atoms with Crippen LogP contribution in [0.4, 0.5) is 0 Å². The summed E-state index contributed by atoms with van der Waals surface area (Å²) in [4.78, 5) is 23.8. The Hall–Kier alpha value is -3.57. The van der Waals surface area contributed by atoms with E-state index in [2.05, 4.69) is 20.7 Å². The average Bonchev–Trinajstić information content (AvgIpc) is 2.76. The van der Waals surface area contributed by atoms with Crippen molar-refractivity contribution in [1.82, 2.24) is 0 Å². The molecule has 0 radical (unpaired) electrons. The van der Waals surface area contributed by atoms with E-state index in [0.29, 0.717) is 16.9 Å². The second-order valence-corrected chi connectivity index (χ2v) is 6.63. The summed E-state index contributed by atoms with van der Waals surface area (Å²) < 4.78 is 21.2. The number of rotatable bonds is 7. The Morgan fingerprint density at radius 2 is 1.70 bits per heavy atom. The van der Waals surface area contributed by atoms with Gasteiger partial charge in [0.25, 0.3) is 0 Å². The Morgan fingerprint density at radius 3 is 2.33 bits per heavy atom. The monoisotopic (exact) mass is 471 g/mol. The van der Waals surface area contributed by atoms with Crippen molar-refractivity contribution in [1.29, 1.82) is 5.26 Å². The lowest BCUT2D eigenvalue weighted by Crippen LogP contribution is -2.05. The highest BCUT2D eigenvalue weighted by Gasteiger charge is 2.12. The molecular weight excluding hydrogens is 454 g/mol. The average molecular weight is 472 g/mol.